The number of methoxy groups -OCH3 is 1. The summed E-state index contributed by atoms with van der Waals surface area (Å²) >= 11 is 0. The molecule has 0 aliphatic carbocycles. The van der Waals surface area contributed by atoms with E-state index in [2.05, 4.69) is 0 Å². The number of allylic oxidation sites excluding steroid dienone is 12. The fourth-order valence-electron chi connectivity index (χ4n) is 8.21. The molecule has 17 nitrogen and oxygen atoms in total. The molecule has 0 saturated carbocycles. The molecule has 3 rings (SSSR count). The molecule has 10 N–H and O–H groups in total. The second kappa shape index (κ2) is 28.3. The van der Waals surface area contributed by atoms with Crippen LogP contribution in [0.15, 0.2) is 85.1 Å². The highest BCUT2D eigenvalue weighted by atomic mass is 19.2. The Bertz CT molecular complexity index is 1720. The van der Waals surface area contributed by atoms with Crippen molar-refractivity contribution in [1.29, 1.82) is 0 Å². The molecule has 20 atom stereocenters. The molecular formula is C49H75FO17. The molecule has 0 aromatic heterocycles. The van der Waals surface area contributed by atoms with Gasteiger partial charge in [0.15, 0.2) is 6.29 Å². The number of esters is 2. The fourth-order valence-corrected chi connectivity index (χ4v) is 8.21. The number of carbonyl (C=O) groups is 2. The largest absolute Gasteiger partial charge is 0.469 e. The molecule has 18 heteroatoms. The first kappa shape index (κ1) is 57.8. The van der Waals surface area contributed by atoms with Crippen LogP contribution in [0.4, 0.5) is 4.39 Å². The van der Waals surface area contributed by atoms with Crippen molar-refractivity contribution in [2.75, 3.05) is 7.11 Å². The topological polar surface area (TPSA) is 283 Å². The number of hydrogen-bond acceptors (Lipinski definition) is 17. The summed E-state index contributed by atoms with van der Waals surface area (Å²) in [5.74, 6) is -8.17. The molecule has 3 heterocycles. The van der Waals surface area contributed by atoms with Crippen molar-refractivity contribution in [2.45, 2.75) is 177 Å². The van der Waals surface area contributed by atoms with Crippen LogP contribution in [0.25, 0.3) is 0 Å². The zero-order valence-electron chi connectivity index (χ0n) is 39.2. The predicted molar refractivity (Wildman–Crippen MR) is 243 cm³/mol. The summed E-state index contributed by atoms with van der Waals surface area (Å²) in [5.41, 5.74) is 0. The lowest BCUT2D eigenvalue weighted by Crippen LogP contribution is -2.63. The van der Waals surface area contributed by atoms with Gasteiger partial charge in [-0.2, -0.15) is 0 Å². The first-order valence-electron chi connectivity index (χ1n) is 23.0. The summed E-state index contributed by atoms with van der Waals surface area (Å²) in [6.45, 7) is 8.38. The van der Waals surface area contributed by atoms with Gasteiger partial charge in [0.2, 0.25) is 5.85 Å². The highest BCUT2D eigenvalue weighted by Crippen LogP contribution is 2.41. The van der Waals surface area contributed by atoms with Crippen molar-refractivity contribution < 1.29 is 88.7 Å². The number of ether oxygens (including phenoxy) is 5. The van der Waals surface area contributed by atoms with Crippen molar-refractivity contribution in [3.63, 3.8) is 0 Å². The van der Waals surface area contributed by atoms with E-state index in [0.717, 1.165) is 7.11 Å². The lowest BCUT2D eigenvalue weighted by molar-refractivity contribution is -0.320. The molecule has 0 spiro atoms. The number of carbonyl (C=O) groups excluding carboxylic acids is 2. The second-order valence-corrected chi connectivity index (χ2v) is 18.0. The lowest BCUT2D eigenvalue weighted by Gasteiger charge is -2.47. The monoisotopic (exact) mass is 954 g/mol. The number of aliphatic hydroxyl groups excluding tert-OH is 10. The van der Waals surface area contributed by atoms with E-state index in [1.165, 1.54) is 6.08 Å². The summed E-state index contributed by atoms with van der Waals surface area (Å²) in [5, 5.41) is 108. The van der Waals surface area contributed by atoms with Gasteiger partial charge in [0, 0.05) is 37.0 Å². The van der Waals surface area contributed by atoms with E-state index in [0.29, 0.717) is 0 Å². The summed E-state index contributed by atoms with van der Waals surface area (Å²) in [6, 6.07) is 0. The Morgan fingerprint density at radius 1 is 0.642 bits per heavy atom. The van der Waals surface area contributed by atoms with Gasteiger partial charge >= 0.3 is 11.9 Å². The number of alkyl halides is 1. The van der Waals surface area contributed by atoms with Gasteiger partial charge in [-0.25, -0.2) is 4.39 Å². The fraction of sp³-hybridized carbons (Fsp3) is 0.673. The number of halogens is 1. The number of fused-ring (bicyclic) bond motifs is 2. The third kappa shape index (κ3) is 18.1. The normalized spacial score (nSPS) is 45.6. The van der Waals surface area contributed by atoms with Crippen molar-refractivity contribution >= 4 is 11.9 Å². The molecule has 0 radical (unpaired) electrons. The van der Waals surface area contributed by atoms with Crippen LogP contribution in [0.3, 0.4) is 0 Å². The minimum absolute atomic E-state index is 0.156. The van der Waals surface area contributed by atoms with Crippen LogP contribution in [0.5, 0.6) is 0 Å². The number of aliphatic hydroxyl groups is 10. The quantitative estimate of drug-likeness (QED) is 0.181. The molecule has 3 aliphatic rings. The molecule has 0 aromatic rings. The van der Waals surface area contributed by atoms with Gasteiger partial charge in [-0.3, -0.25) is 9.59 Å². The lowest BCUT2D eigenvalue weighted by atomic mass is 9.81. The molecule has 67 heavy (non-hydrogen) atoms. The molecule has 0 amide bonds. The molecule has 2 fully saturated rings. The summed E-state index contributed by atoms with van der Waals surface area (Å²) < 4.78 is 44.8. The maximum atomic E-state index is 16.8. The molecule has 20 unspecified atom stereocenters. The van der Waals surface area contributed by atoms with Crippen LogP contribution >= 0.6 is 0 Å². The smallest absolute Gasteiger partial charge is 0.314 e. The van der Waals surface area contributed by atoms with Crippen LogP contribution in [0.2, 0.25) is 0 Å². The molecule has 3 aliphatic heterocycles. The Morgan fingerprint density at radius 3 is 1.79 bits per heavy atom. The van der Waals surface area contributed by atoms with Gasteiger partial charge in [0.25, 0.3) is 0 Å². The summed E-state index contributed by atoms with van der Waals surface area (Å²) in [4.78, 5) is 25.7. The number of cyclic esters (lactones) is 1. The van der Waals surface area contributed by atoms with Gasteiger partial charge in [-0.1, -0.05) is 106 Å². The van der Waals surface area contributed by atoms with Crippen LogP contribution in [-0.2, 0) is 33.3 Å². The van der Waals surface area contributed by atoms with Crippen LogP contribution < -0.4 is 0 Å². The van der Waals surface area contributed by atoms with Gasteiger partial charge < -0.3 is 74.7 Å². The van der Waals surface area contributed by atoms with E-state index in [-0.39, 0.29) is 25.2 Å². The third-order valence-corrected chi connectivity index (χ3v) is 12.6. The number of rotatable bonds is 3. The molecular weight excluding hydrogens is 880 g/mol. The Balaban J connectivity index is 1.91. The van der Waals surface area contributed by atoms with Gasteiger partial charge in [0.05, 0.1) is 74.6 Å². The molecule has 2 bridgehead atoms. The van der Waals surface area contributed by atoms with Gasteiger partial charge in [-0.15, -0.1) is 0 Å². The maximum Gasteiger partial charge on any atom is 0.314 e. The maximum absolute atomic E-state index is 16.8. The average molecular weight is 955 g/mol. The average Bonchev–Trinajstić information content (AvgIpc) is 3.27. The van der Waals surface area contributed by atoms with E-state index in [1.54, 1.807) is 101 Å². The zero-order valence-corrected chi connectivity index (χ0v) is 39.2. The zero-order chi connectivity index (χ0) is 50.0. The van der Waals surface area contributed by atoms with E-state index in [4.69, 9.17) is 23.7 Å². The summed E-state index contributed by atoms with van der Waals surface area (Å²) in [6.07, 6.45) is 0.142. The third-order valence-electron chi connectivity index (χ3n) is 12.6. The Labute approximate surface area is 392 Å². The minimum Gasteiger partial charge on any atom is -0.469 e. The van der Waals surface area contributed by atoms with Crippen molar-refractivity contribution in [3.05, 3.63) is 85.1 Å². The first-order valence-corrected chi connectivity index (χ1v) is 23.0. The van der Waals surface area contributed by atoms with E-state index in [9.17, 15) is 60.7 Å². The molecule has 0 aromatic carbocycles. The molecule has 380 valence electrons. The van der Waals surface area contributed by atoms with Crippen LogP contribution in [-0.4, -0.2) is 168 Å². The van der Waals surface area contributed by atoms with E-state index in [1.807, 2.05) is 13.0 Å². The van der Waals surface area contributed by atoms with Gasteiger partial charge in [0.1, 0.15) is 30.3 Å². The van der Waals surface area contributed by atoms with E-state index >= 15 is 4.39 Å². The second-order valence-electron chi connectivity index (χ2n) is 18.0. The first-order chi connectivity index (χ1) is 31.6. The number of hydrogen-bond donors (Lipinski definition) is 10. The highest BCUT2D eigenvalue weighted by Gasteiger charge is 2.58. The molecule has 2 saturated heterocycles. The van der Waals surface area contributed by atoms with Gasteiger partial charge in [-0.05, 0) is 33.1 Å². The van der Waals surface area contributed by atoms with Crippen molar-refractivity contribution in [3.8, 4) is 0 Å². The minimum atomic E-state index is -3.24. The van der Waals surface area contributed by atoms with Crippen LogP contribution in [0.1, 0.15) is 79.6 Å². The highest BCUT2D eigenvalue weighted by molar-refractivity contribution is 5.74. The van der Waals surface area contributed by atoms with Crippen molar-refractivity contribution in [1.82, 2.24) is 0 Å². The standard InChI is InChI=1S/C49H75FO17/c1-28-19-17-15-13-11-9-7-8-10-12-14-16-18-20-36(66-48-44(59)30(3)43(58)32(5)65-48)26-39-41(47(62)63-6)45(60)46(61)49(50,67-39)27-35(53)24-38(55)37(54)22-21-33(51)23-34(52)25-40(56)64-31(4)29(2)42(28)57/h7-20,28-39,41-46,48,51-55,57-61H,21-27H2,1-6H3/b8-7+,11-9+,12-10+,15-13+,16-14+,19-17+,20-18+. The Kier molecular flexibility index (Phi) is 24.4. The van der Waals surface area contributed by atoms with E-state index < -0.39 is 153 Å². The Hall–Kier alpha value is -3.47. The SMILES string of the molecule is COC(=O)C1C2CC(OC3OC(C)C(O)C(C)C3O)/C=C/C=C/C=C/C=C/C=C/C=C/C=C/C(C)C(O)C(C)C(C)OC(=O)CC(O)CC(O)CCC(O)C(O)CC(O)CC(F)(O2)C(O)C1O. The Morgan fingerprint density at radius 2 is 1.21 bits per heavy atom. The van der Waals surface area contributed by atoms with Crippen molar-refractivity contribution in [2.24, 2.45) is 23.7 Å². The van der Waals surface area contributed by atoms with Crippen LogP contribution in [0, 0.1) is 23.7 Å². The summed E-state index contributed by atoms with van der Waals surface area (Å²) in [7, 11) is 1.02. The predicted octanol–water partition coefficient (Wildman–Crippen LogP) is 2.06.